The summed E-state index contributed by atoms with van der Waals surface area (Å²) in [5.74, 6) is 3.64. The fraction of sp³-hybridized carbons (Fsp3) is 0. The molecule has 5 aromatic carbocycles. The van der Waals surface area contributed by atoms with E-state index < -0.39 is 0 Å². The second-order valence-electron chi connectivity index (χ2n) is 9.30. The summed E-state index contributed by atoms with van der Waals surface area (Å²) < 4.78 is 15.6. The maximum absolute atomic E-state index is 6.63. The Balaban J connectivity index is 1.45. The number of rotatable bonds is 1. The lowest BCUT2D eigenvalue weighted by Crippen LogP contribution is -2.60. The number of ether oxygens (including phenoxy) is 2. The molecule has 0 saturated heterocycles. The van der Waals surface area contributed by atoms with Gasteiger partial charge in [-0.3, -0.25) is 0 Å². The standard InChI is InChI=1S/C30H16BNO2/c1-2-7-17(8-3-1)18-15-25-28-26(16-18)34-24-14-13-20-19-9-4-5-10-21(19)32-22-11-6-12-23(33-25)27(22)31(28)29(24)30(20)32/h1-16H. The van der Waals surface area contributed by atoms with Crippen LogP contribution in [-0.4, -0.2) is 11.3 Å². The molecule has 1 aromatic heterocycles. The maximum Gasteiger partial charge on any atom is 0.266 e. The molecular formula is C30H16BNO2. The molecular weight excluding hydrogens is 417 g/mol. The molecule has 4 heterocycles. The second kappa shape index (κ2) is 5.73. The van der Waals surface area contributed by atoms with Crippen molar-refractivity contribution in [1.29, 1.82) is 0 Å². The molecule has 0 saturated carbocycles. The van der Waals surface area contributed by atoms with Gasteiger partial charge in [0, 0.05) is 21.9 Å². The summed E-state index contributed by atoms with van der Waals surface area (Å²) in [6, 6.07) is 34.2. The summed E-state index contributed by atoms with van der Waals surface area (Å²) in [4.78, 5) is 0. The van der Waals surface area contributed by atoms with Gasteiger partial charge in [-0.2, -0.15) is 0 Å². The number of hydrogen-bond donors (Lipinski definition) is 0. The number of hydrogen-bond acceptors (Lipinski definition) is 2. The molecule has 0 radical (unpaired) electrons. The Morgan fingerprint density at radius 1 is 0.529 bits per heavy atom. The van der Waals surface area contributed by atoms with Crippen LogP contribution < -0.4 is 25.9 Å². The van der Waals surface area contributed by atoms with Gasteiger partial charge >= 0.3 is 0 Å². The highest BCUT2D eigenvalue weighted by atomic mass is 16.5. The Bertz CT molecular complexity index is 1850. The summed E-state index contributed by atoms with van der Waals surface area (Å²) in [5.41, 5.74) is 9.53. The summed E-state index contributed by atoms with van der Waals surface area (Å²) in [5, 5.41) is 2.54. The largest absolute Gasteiger partial charge is 0.458 e. The van der Waals surface area contributed by atoms with Gasteiger partial charge in [-0.1, -0.05) is 54.6 Å². The van der Waals surface area contributed by atoms with E-state index in [4.69, 9.17) is 9.47 Å². The minimum absolute atomic E-state index is 0.0963. The molecule has 156 valence electrons. The van der Waals surface area contributed by atoms with Crippen LogP contribution in [0.25, 0.3) is 38.6 Å². The summed E-state index contributed by atoms with van der Waals surface area (Å²) in [6.07, 6.45) is 0. The van der Waals surface area contributed by atoms with Crippen LogP contribution in [0.5, 0.6) is 23.0 Å². The van der Waals surface area contributed by atoms with Crippen molar-refractivity contribution in [3.63, 3.8) is 0 Å². The van der Waals surface area contributed by atoms with Crippen molar-refractivity contribution < 1.29 is 9.47 Å². The first-order valence-corrected chi connectivity index (χ1v) is 11.7. The molecule has 0 aliphatic carbocycles. The van der Waals surface area contributed by atoms with E-state index in [1.54, 1.807) is 0 Å². The third-order valence-corrected chi connectivity index (χ3v) is 7.64. The zero-order valence-corrected chi connectivity index (χ0v) is 18.1. The van der Waals surface area contributed by atoms with E-state index in [9.17, 15) is 0 Å². The lowest BCUT2D eigenvalue weighted by Gasteiger charge is -2.37. The van der Waals surface area contributed by atoms with Crippen molar-refractivity contribution in [2.75, 3.05) is 0 Å². The SMILES string of the molecule is c1ccc(-c2cc3c4c(c2)Oc2ccc5c6ccccc6n6c5c2B4c2c(cccc2-6)O3)cc1. The molecule has 0 unspecified atom stereocenters. The Morgan fingerprint density at radius 2 is 1.29 bits per heavy atom. The zero-order chi connectivity index (χ0) is 22.0. The van der Waals surface area contributed by atoms with Gasteiger partial charge in [-0.05, 0) is 64.5 Å². The van der Waals surface area contributed by atoms with E-state index in [1.165, 1.54) is 38.4 Å². The molecule has 9 rings (SSSR count). The van der Waals surface area contributed by atoms with Crippen molar-refractivity contribution >= 4 is 44.9 Å². The van der Waals surface area contributed by atoms with Crippen LogP contribution in [-0.2, 0) is 0 Å². The molecule has 3 aliphatic rings. The van der Waals surface area contributed by atoms with E-state index in [-0.39, 0.29) is 6.71 Å². The van der Waals surface area contributed by atoms with E-state index in [1.807, 2.05) is 6.07 Å². The average molecular weight is 433 g/mol. The second-order valence-corrected chi connectivity index (χ2v) is 9.30. The van der Waals surface area contributed by atoms with Crippen molar-refractivity contribution in [2.24, 2.45) is 0 Å². The van der Waals surface area contributed by atoms with Gasteiger partial charge < -0.3 is 14.0 Å². The Hall–Kier alpha value is -4.44. The van der Waals surface area contributed by atoms with Crippen LogP contribution in [0.3, 0.4) is 0 Å². The quantitative estimate of drug-likeness (QED) is 0.320. The summed E-state index contributed by atoms with van der Waals surface area (Å²) >= 11 is 0. The first kappa shape index (κ1) is 17.1. The van der Waals surface area contributed by atoms with E-state index in [0.717, 1.165) is 39.6 Å². The lowest BCUT2D eigenvalue weighted by molar-refractivity contribution is 0.464. The summed E-state index contributed by atoms with van der Waals surface area (Å²) in [7, 11) is 0. The van der Waals surface area contributed by atoms with Gasteiger partial charge in [0.2, 0.25) is 0 Å². The molecule has 34 heavy (non-hydrogen) atoms. The number of para-hydroxylation sites is 1. The van der Waals surface area contributed by atoms with Crippen LogP contribution >= 0.6 is 0 Å². The summed E-state index contributed by atoms with van der Waals surface area (Å²) in [6.45, 7) is 0.0963. The zero-order valence-electron chi connectivity index (χ0n) is 18.1. The molecule has 0 amide bonds. The normalized spacial score (nSPS) is 13.7. The highest BCUT2D eigenvalue weighted by molar-refractivity contribution is 7.00. The van der Waals surface area contributed by atoms with Gasteiger partial charge in [0.05, 0.1) is 11.0 Å². The highest BCUT2D eigenvalue weighted by Gasteiger charge is 2.46. The monoisotopic (exact) mass is 433 g/mol. The van der Waals surface area contributed by atoms with Crippen LogP contribution in [0, 0.1) is 0 Å². The highest BCUT2D eigenvalue weighted by Crippen LogP contribution is 2.44. The predicted molar refractivity (Wildman–Crippen MR) is 137 cm³/mol. The van der Waals surface area contributed by atoms with E-state index in [2.05, 4.69) is 95.6 Å². The van der Waals surface area contributed by atoms with Gasteiger partial charge in [-0.15, -0.1) is 0 Å². The molecule has 3 aliphatic heterocycles. The van der Waals surface area contributed by atoms with Crippen molar-refractivity contribution in [2.45, 2.75) is 0 Å². The number of nitrogens with zero attached hydrogens (tertiary/aromatic N) is 1. The predicted octanol–water partition coefficient (Wildman–Crippen LogP) is 5.49. The first-order chi connectivity index (χ1) is 16.9. The Morgan fingerprint density at radius 3 is 2.15 bits per heavy atom. The number of benzene rings is 5. The van der Waals surface area contributed by atoms with Gasteiger partial charge in [0.15, 0.2) is 0 Å². The van der Waals surface area contributed by atoms with Gasteiger partial charge in [0.1, 0.15) is 23.0 Å². The molecule has 0 N–H and O–H groups in total. The first-order valence-electron chi connectivity index (χ1n) is 11.7. The topological polar surface area (TPSA) is 23.4 Å². The number of aromatic nitrogens is 1. The van der Waals surface area contributed by atoms with Gasteiger partial charge in [0.25, 0.3) is 6.71 Å². The molecule has 0 fully saturated rings. The smallest absolute Gasteiger partial charge is 0.266 e. The van der Waals surface area contributed by atoms with E-state index >= 15 is 0 Å². The molecule has 0 spiro atoms. The Labute approximate surface area is 195 Å². The fourth-order valence-corrected chi connectivity index (χ4v) is 6.31. The average Bonchev–Trinajstić information content (AvgIpc) is 3.23. The molecule has 4 heteroatoms. The van der Waals surface area contributed by atoms with E-state index in [0.29, 0.717) is 0 Å². The van der Waals surface area contributed by atoms with Crippen LogP contribution in [0.4, 0.5) is 0 Å². The number of fused-ring (bicyclic) bond motifs is 4. The Kier molecular flexibility index (Phi) is 2.88. The molecule has 0 bridgehead atoms. The molecule has 0 atom stereocenters. The third kappa shape index (κ3) is 1.89. The molecule has 6 aromatic rings. The molecule has 3 nitrogen and oxygen atoms in total. The van der Waals surface area contributed by atoms with Crippen LogP contribution in [0.1, 0.15) is 0 Å². The third-order valence-electron chi connectivity index (χ3n) is 7.64. The van der Waals surface area contributed by atoms with Gasteiger partial charge in [-0.25, -0.2) is 0 Å². The van der Waals surface area contributed by atoms with Crippen LogP contribution in [0.15, 0.2) is 97.1 Å². The van der Waals surface area contributed by atoms with Crippen molar-refractivity contribution in [3.8, 4) is 39.8 Å². The minimum atomic E-state index is 0.0963. The fourth-order valence-electron chi connectivity index (χ4n) is 6.31. The van der Waals surface area contributed by atoms with Crippen molar-refractivity contribution in [1.82, 2.24) is 4.57 Å². The maximum atomic E-state index is 6.63. The van der Waals surface area contributed by atoms with Crippen molar-refractivity contribution in [3.05, 3.63) is 97.1 Å². The minimum Gasteiger partial charge on any atom is -0.458 e. The lowest BCUT2D eigenvalue weighted by atomic mass is 9.33. The van der Waals surface area contributed by atoms with Crippen LogP contribution in [0.2, 0.25) is 0 Å².